The van der Waals surface area contributed by atoms with E-state index >= 15 is 0 Å². The third kappa shape index (κ3) is 4.68. The second kappa shape index (κ2) is 8.29. The fourth-order valence-corrected chi connectivity index (χ4v) is 4.80. The first-order valence-corrected chi connectivity index (χ1v) is 11.4. The molecule has 1 atom stereocenters. The normalized spacial score (nSPS) is 15.8. The highest BCUT2D eigenvalue weighted by atomic mass is 32.2. The van der Waals surface area contributed by atoms with Crippen molar-refractivity contribution in [3.8, 4) is 11.1 Å². The zero-order chi connectivity index (χ0) is 21.5. The van der Waals surface area contributed by atoms with Gasteiger partial charge in [-0.2, -0.15) is 0 Å². The maximum absolute atomic E-state index is 13.5. The van der Waals surface area contributed by atoms with Crippen LogP contribution in [0.5, 0.6) is 0 Å². The highest BCUT2D eigenvalue weighted by molar-refractivity contribution is 7.90. The van der Waals surface area contributed by atoms with Crippen LogP contribution in [-0.2, 0) is 24.5 Å². The first kappa shape index (κ1) is 21.3. The van der Waals surface area contributed by atoms with Crippen molar-refractivity contribution in [1.29, 1.82) is 0 Å². The summed E-state index contributed by atoms with van der Waals surface area (Å²) >= 11 is -1.01. The van der Waals surface area contributed by atoms with E-state index in [1.54, 1.807) is 12.1 Å². The van der Waals surface area contributed by atoms with E-state index in [1.807, 2.05) is 18.2 Å². The van der Waals surface area contributed by atoms with Crippen LogP contribution in [0.1, 0.15) is 51.3 Å². The second-order valence-corrected chi connectivity index (χ2v) is 10.7. The third-order valence-corrected chi connectivity index (χ3v) is 6.70. The van der Waals surface area contributed by atoms with Crippen LogP contribution in [-0.4, -0.2) is 19.4 Å². The minimum absolute atomic E-state index is 0.0475. The third-order valence-electron chi connectivity index (χ3n) is 5.20. The zero-order valence-electron chi connectivity index (χ0n) is 17.5. The van der Waals surface area contributed by atoms with E-state index in [4.69, 9.17) is 0 Å². The molecule has 0 saturated heterocycles. The Hall–Kier alpha value is -1.96. The molecule has 2 heterocycles. The lowest BCUT2D eigenvalue weighted by Crippen LogP contribution is -2.26. The van der Waals surface area contributed by atoms with Crippen LogP contribution in [0.3, 0.4) is 0 Å². The number of nitrogens with zero attached hydrogens (tertiary/aromatic N) is 2. The van der Waals surface area contributed by atoms with Gasteiger partial charge in [-0.15, -0.1) is 4.72 Å². The van der Waals surface area contributed by atoms with Gasteiger partial charge in [0.1, 0.15) is 10.9 Å². The summed E-state index contributed by atoms with van der Waals surface area (Å²) in [5.74, 6) is 0. The molecule has 7 heteroatoms. The van der Waals surface area contributed by atoms with Gasteiger partial charge in [0.2, 0.25) is 0 Å². The highest BCUT2D eigenvalue weighted by Crippen LogP contribution is 2.34. The van der Waals surface area contributed by atoms with Gasteiger partial charge in [-0.25, -0.2) is 8.78 Å². The van der Waals surface area contributed by atoms with E-state index in [0.29, 0.717) is 12.1 Å². The number of pyridine rings is 1. The van der Waals surface area contributed by atoms with Gasteiger partial charge in [0.05, 0.1) is 6.54 Å². The van der Waals surface area contributed by atoms with Crippen LogP contribution < -0.4 is 4.72 Å². The number of benzene rings is 1. The molecular formula is C23H27F2N3OS. The van der Waals surface area contributed by atoms with Crippen molar-refractivity contribution >= 4 is 22.3 Å². The molecule has 0 radical (unpaired) electrons. The molecule has 1 aromatic carbocycles. The molecule has 1 N–H and O–H groups in total. The summed E-state index contributed by atoms with van der Waals surface area (Å²) in [6.07, 6.45) is 2.90. The molecule has 30 heavy (non-hydrogen) atoms. The average molecular weight is 432 g/mol. The quantitative estimate of drug-likeness (QED) is 0.495. The number of rotatable bonds is 7. The van der Waals surface area contributed by atoms with Crippen LogP contribution in [0.4, 0.5) is 8.78 Å². The van der Waals surface area contributed by atoms with Crippen molar-refractivity contribution in [3.05, 3.63) is 54.0 Å². The van der Waals surface area contributed by atoms with Gasteiger partial charge in [-0.3, -0.25) is 4.98 Å². The van der Waals surface area contributed by atoms with E-state index in [9.17, 15) is 13.3 Å². The molecule has 1 aliphatic rings. The van der Waals surface area contributed by atoms with Crippen LogP contribution in [0.15, 0.2) is 42.7 Å². The predicted octanol–water partition coefficient (Wildman–Crippen LogP) is 5.60. The van der Waals surface area contributed by atoms with Crippen molar-refractivity contribution in [2.45, 2.75) is 58.4 Å². The maximum atomic E-state index is 13.5. The van der Waals surface area contributed by atoms with Crippen molar-refractivity contribution in [3.63, 3.8) is 0 Å². The van der Waals surface area contributed by atoms with Crippen molar-refractivity contribution in [2.75, 3.05) is 0 Å². The Labute approximate surface area is 179 Å². The number of hydrogen-bond donors (Lipinski definition) is 1. The summed E-state index contributed by atoms with van der Waals surface area (Å²) in [6.45, 7) is 7.80. The number of aromatic nitrogens is 2. The van der Waals surface area contributed by atoms with Gasteiger partial charge in [0, 0.05) is 59.6 Å². The topological polar surface area (TPSA) is 52.9 Å². The SMILES string of the molecule is CC(C)(C)Cn1cc(CN[S+]([O-])C2CC2)c2ccc(-c3cccnc3C(F)F)cc21. The highest BCUT2D eigenvalue weighted by Gasteiger charge is 2.34. The number of fused-ring (bicyclic) bond motifs is 1. The number of alkyl halides is 2. The summed E-state index contributed by atoms with van der Waals surface area (Å²) in [7, 11) is 0. The van der Waals surface area contributed by atoms with E-state index < -0.39 is 17.8 Å². The number of halogens is 2. The van der Waals surface area contributed by atoms with E-state index in [1.165, 1.54) is 6.20 Å². The van der Waals surface area contributed by atoms with Gasteiger partial charge < -0.3 is 9.12 Å². The van der Waals surface area contributed by atoms with Crippen molar-refractivity contribution in [2.24, 2.45) is 5.41 Å². The van der Waals surface area contributed by atoms with Crippen LogP contribution in [0.25, 0.3) is 22.0 Å². The minimum Gasteiger partial charge on any atom is -0.598 e. The standard InChI is InChI=1S/C23H27F2N3OS/c1-23(2,3)14-28-13-16(12-27-30(29)17-7-8-17)18-9-6-15(11-20(18)28)19-5-4-10-26-21(19)22(24)25/h4-6,9-11,13,17,22,27H,7-8,12,14H2,1-3H3. The molecular weight excluding hydrogens is 404 g/mol. The molecule has 0 aliphatic heterocycles. The molecule has 4 rings (SSSR count). The Kier molecular flexibility index (Phi) is 5.88. The van der Waals surface area contributed by atoms with Crippen LogP contribution in [0, 0.1) is 5.41 Å². The lowest BCUT2D eigenvalue weighted by atomic mass is 9.96. The smallest absolute Gasteiger partial charge is 0.280 e. The molecule has 4 nitrogen and oxygen atoms in total. The zero-order valence-corrected chi connectivity index (χ0v) is 18.3. The summed E-state index contributed by atoms with van der Waals surface area (Å²) < 4.78 is 44.5. The van der Waals surface area contributed by atoms with E-state index in [0.717, 1.165) is 41.4 Å². The molecule has 1 saturated carbocycles. The molecule has 0 bridgehead atoms. The number of nitrogens with one attached hydrogen (secondary N) is 1. The number of hydrogen-bond acceptors (Lipinski definition) is 3. The lowest BCUT2D eigenvalue weighted by molar-refractivity contribution is 0.147. The van der Waals surface area contributed by atoms with Gasteiger partial charge >= 0.3 is 0 Å². The van der Waals surface area contributed by atoms with Crippen molar-refractivity contribution < 1.29 is 13.3 Å². The second-order valence-electron chi connectivity index (χ2n) is 9.13. The lowest BCUT2D eigenvalue weighted by Gasteiger charge is -2.20. The van der Waals surface area contributed by atoms with Gasteiger partial charge in [0.15, 0.2) is 0 Å². The minimum atomic E-state index is -2.63. The van der Waals surface area contributed by atoms with E-state index in [-0.39, 0.29) is 16.4 Å². The maximum Gasteiger partial charge on any atom is 0.280 e. The molecule has 1 unspecified atom stereocenters. The predicted molar refractivity (Wildman–Crippen MR) is 118 cm³/mol. The van der Waals surface area contributed by atoms with E-state index in [2.05, 4.69) is 41.2 Å². The van der Waals surface area contributed by atoms with Gasteiger partial charge in [-0.05, 0) is 28.7 Å². The Morgan fingerprint density at radius 1 is 1.27 bits per heavy atom. The Morgan fingerprint density at radius 3 is 2.70 bits per heavy atom. The first-order valence-electron chi connectivity index (χ1n) is 10.2. The monoisotopic (exact) mass is 431 g/mol. The fourth-order valence-electron chi connectivity index (χ4n) is 3.70. The average Bonchev–Trinajstić information content (AvgIpc) is 3.49. The Bertz CT molecular complexity index is 1040. The van der Waals surface area contributed by atoms with Crippen molar-refractivity contribution in [1.82, 2.24) is 14.3 Å². The molecule has 0 spiro atoms. The largest absolute Gasteiger partial charge is 0.598 e. The van der Waals surface area contributed by atoms with Crippen LogP contribution >= 0.6 is 0 Å². The Balaban J connectivity index is 1.74. The Morgan fingerprint density at radius 2 is 2.03 bits per heavy atom. The molecule has 2 aromatic heterocycles. The van der Waals surface area contributed by atoms with Gasteiger partial charge in [-0.1, -0.05) is 39.0 Å². The summed E-state index contributed by atoms with van der Waals surface area (Å²) in [5, 5.41) is 1.32. The molecule has 0 amide bonds. The fraction of sp³-hybridized carbons (Fsp3) is 0.435. The molecule has 1 fully saturated rings. The molecule has 1 aliphatic carbocycles. The van der Waals surface area contributed by atoms with Crippen LogP contribution in [0.2, 0.25) is 0 Å². The first-order chi connectivity index (χ1) is 14.2. The summed E-state index contributed by atoms with van der Waals surface area (Å²) in [4.78, 5) is 3.89. The summed E-state index contributed by atoms with van der Waals surface area (Å²) in [5.41, 5.74) is 3.07. The summed E-state index contributed by atoms with van der Waals surface area (Å²) in [6, 6.07) is 9.18. The molecule has 160 valence electrons. The molecule has 3 aromatic rings. The van der Waals surface area contributed by atoms with Gasteiger partial charge in [0.25, 0.3) is 6.43 Å².